The van der Waals surface area contributed by atoms with Crippen LogP contribution >= 0.6 is 15.9 Å². The number of hydrogen-bond donors (Lipinski definition) is 2. The number of rotatable bonds is 4. The number of hydrogen-bond acceptors (Lipinski definition) is 5. The Kier molecular flexibility index (Phi) is 3.88. The summed E-state index contributed by atoms with van der Waals surface area (Å²) in [5.41, 5.74) is 5.97. The number of aryl methyl sites for hydroxylation is 1. The lowest BCUT2D eigenvalue weighted by molar-refractivity contribution is 0.578. The van der Waals surface area contributed by atoms with Gasteiger partial charge >= 0.3 is 0 Å². The molecule has 0 bridgehead atoms. The molecule has 1 aromatic heterocycles. The first-order valence-corrected chi connectivity index (χ1v) is 7.55. The van der Waals surface area contributed by atoms with Crippen molar-refractivity contribution in [3.63, 3.8) is 0 Å². The fourth-order valence-electron chi connectivity index (χ4n) is 1.43. The lowest BCUT2D eigenvalue weighted by Crippen LogP contribution is -2.24. The van der Waals surface area contributed by atoms with Crippen molar-refractivity contribution in [3.05, 3.63) is 34.8 Å². The van der Waals surface area contributed by atoms with Gasteiger partial charge in [0, 0.05) is 17.2 Å². The molecule has 9 heteroatoms. The van der Waals surface area contributed by atoms with Gasteiger partial charge in [0.05, 0.1) is 11.4 Å². The van der Waals surface area contributed by atoms with Gasteiger partial charge in [-0.05, 0) is 34.1 Å². The van der Waals surface area contributed by atoms with Gasteiger partial charge in [-0.25, -0.2) is 18.1 Å². The van der Waals surface area contributed by atoms with Gasteiger partial charge in [0.15, 0.2) is 5.82 Å². The number of benzene rings is 1. The molecular formula is C10H12BrN5O2S. The second-order valence-corrected chi connectivity index (χ2v) is 6.44. The molecule has 1 heterocycles. The summed E-state index contributed by atoms with van der Waals surface area (Å²) in [7, 11) is -1.96. The third-order valence-corrected chi connectivity index (χ3v) is 4.71. The van der Waals surface area contributed by atoms with Crippen LogP contribution in [0.1, 0.15) is 5.82 Å². The maximum absolute atomic E-state index is 12.1. The Hall–Kier alpha value is -1.45. The molecule has 0 aliphatic carbocycles. The average Bonchev–Trinajstić information content (AvgIpc) is 2.76. The van der Waals surface area contributed by atoms with Crippen molar-refractivity contribution in [1.29, 1.82) is 0 Å². The van der Waals surface area contributed by atoms with Crippen molar-refractivity contribution in [2.75, 3.05) is 5.73 Å². The van der Waals surface area contributed by atoms with E-state index in [2.05, 4.69) is 30.7 Å². The molecule has 0 unspecified atom stereocenters. The highest BCUT2D eigenvalue weighted by Gasteiger charge is 2.18. The minimum Gasteiger partial charge on any atom is -0.399 e. The van der Waals surface area contributed by atoms with E-state index in [1.54, 1.807) is 19.2 Å². The van der Waals surface area contributed by atoms with E-state index in [9.17, 15) is 8.42 Å². The van der Waals surface area contributed by atoms with Crippen molar-refractivity contribution in [3.8, 4) is 0 Å². The molecule has 0 saturated carbocycles. The quantitative estimate of drug-likeness (QED) is 0.791. The Bertz CT molecular complexity index is 698. The van der Waals surface area contributed by atoms with Crippen LogP contribution in [0.3, 0.4) is 0 Å². The van der Waals surface area contributed by atoms with Crippen LogP contribution in [0.4, 0.5) is 5.69 Å². The van der Waals surface area contributed by atoms with Gasteiger partial charge in [-0.1, -0.05) is 0 Å². The average molecular weight is 346 g/mol. The highest BCUT2D eigenvalue weighted by Crippen LogP contribution is 2.24. The molecule has 0 atom stereocenters. The number of nitrogen functional groups attached to an aromatic ring is 1. The molecular weight excluding hydrogens is 334 g/mol. The minimum atomic E-state index is -3.67. The van der Waals surface area contributed by atoms with E-state index < -0.39 is 10.0 Å². The number of halogens is 1. The summed E-state index contributed by atoms with van der Waals surface area (Å²) in [5, 5.41) is 3.99. The van der Waals surface area contributed by atoms with Gasteiger partial charge < -0.3 is 5.73 Å². The molecule has 2 aromatic rings. The normalized spacial score (nSPS) is 11.7. The summed E-state index contributed by atoms with van der Waals surface area (Å²) in [6.07, 6.45) is 1.50. The highest BCUT2D eigenvalue weighted by atomic mass is 79.9. The van der Waals surface area contributed by atoms with Crippen molar-refractivity contribution in [1.82, 2.24) is 19.5 Å². The molecule has 0 spiro atoms. The van der Waals surface area contributed by atoms with E-state index in [-0.39, 0.29) is 11.4 Å². The molecule has 0 amide bonds. The molecule has 0 fully saturated rings. The summed E-state index contributed by atoms with van der Waals surface area (Å²) in [5.74, 6) is 0.395. The van der Waals surface area contributed by atoms with Gasteiger partial charge in [0.25, 0.3) is 0 Å². The van der Waals surface area contributed by atoms with Crippen molar-refractivity contribution in [2.24, 2.45) is 7.05 Å². The van der Waals surface area contributed by atoms with E-state index in [0.717, 1.165) is 0 Å². The molecule has 0 radical (unpaired) electrons. The Morgan fingerprint density at radius 1 is 1.47 bits per heavy atom. The lowest BCUT2D eigenvalue weighted by Gasteiger charge is -2.07. The standard InChI is InChI=1S/C10H12BrN5O2S/c1-16-6-13-10(15-16)5-14-19(17,18)9-4-7(12)2-3-8(9)11/h2-4,6,14H,5,12H2,1H3. The summed E-state index contributed by atoms with van der Waals surface area (Å²) in [6.45, 7) is 0.0183. The number of sulfonamides is 1. The first-order chi connectivity index (χ1) is 8.88. The fourth-order valence-corrected chi connectivity index (χ4v) is 3.40. The van der Waals surface area contributed by atoms with Crippen LogP contribution in [0.2, 0.25) is 0 Å². The Morgan fingerprint density at radius 3 is 2.84 bits per heavy atom. The molecule has 7 nitrogen and oxygen atoms in total. The summed E-state index contributed by atoms with van der Waals surface area (Å²) < 4.78 is 28.6. The lowest BCUT2D eigenvalue weighted by atomic mass is 10.3. The smallest absolute Gasteiger partial charge is 0.242 e. The van der Waals surface area contributed by atoms with Crippen molar-refractivity contribution >= 4 is 31.6 Å². The van der Waals surface area contributed by atoms with Gasteiger partial charge in [-0.2, -0.15) is 5.10 Å². The van der Waals surface area contributed by atoms with Crippen LogP contribution in [0.25, 0.3) is 0 Å². The predicted octanol–water partition coefficient (Wildman–Crippen LogP) is 0.638. The van der Waals surface area contributed by atoms with E-state index in [1.165, 1.54) is 17.1 Å². The number of aromatic nitrogens is 3. The maximum atomic E-state index is 12.1. The van der Waals surface area contributed by atoms with Crippen LogP contribution in [0.15, 0.2) is 33.9 Å². The van der Waals surface area contributed by atoms with E-state index >= 15 is 0 Å². The van der Waals surface area contributed by atoms with Crippen LogP contribution in [0, 0.1) is 0 Å². The Morgan fingerprint density at radius 2 is 2.21 bits per heavy atom. The fraction of sp³-hybridized carbons (Fsp3) is 0.200. The third-order valence-electron chi connectivity index (χ3n) is 2.31. The van der Waals surface area contributed by atoms with Crippen molar-refractivity contribution < 1.29 is 8.42 Å². The number of anilines is 1. The van der Waals surface area contributed by atoms with Crippen LogP contribution in [-0.2, 0) is 23.6 Å². The minimum absolute atomic E-state index is 0.0183. The molecule has 0 aliphatic heterocycles. The second kappa shape index (κ2) is 5.27. The zero-order valence-electron chi connectivity index (χ0n) is 10.0. The third kappa shape index (κ3) is 3.31. The summed E-state index contributed by atoms with van der Waals surface area (Å²) in [6, 6.07) is 4.59. The molecule has 2 rings (SSSR count). The number of nitrogens with zero attached hydrogens (tertiary/aromatic N) is 3. The zero-order chi connectivity index (χ0) is 14.0. The van der Waals surface area contributed by atoms with Crippen molar-refractivity contribution in [2.45, 2.75) is 11.4 Å². The van der Waals surface area contributed by atoms with E-state index in [1.807, 2.05) is 0 Å². The second-order valence-electron chi connectivity index (χ2n) is 3.85. The molecule has 0 saturated heterocycles. The largest absolute Gasteiger partial charge is 0.399 e. The summed E-state index contributed by atoms with van der Waals surface area (Å²) in [4.78, 5) is 4.03. The number of nitrogens with one attached hydrogen (secondary N) is 1. The van der Waals surface area contributed by atoms with Gasteiger partial charge in [-0.15, -0.1) is 0 Å². The molecule has 3 N–H and O–H groups in total. The molecule has 1 aromatic carbocycles. The topological polar surface area (TPSA) is 103 Å². The maximum Gasteiger partial charge on any atom is 0.242 e. The van der Waals surface area contributed by atoms with Gasteiger partial charge in [0.2, 0.25) is 10.0 Å². The Labute approximate surface area is 119 Å². The first-order valence-electron chi connectivity index (χ1n) is 5.28. The van der Waals surface area contributed by atoms with E-state index in [0.29, 0.717) is 16.0 Å². The Balaban J connectivity index is 2.20. The monoisotopic (exact) mass is 345 g/mol. The highest BCUT2D eigenvalue weighted by molar-refractivity contribution is 9.10. The van der Waals surface area contributed by atoms with E-state index in [4.69, 9.17) is 5.73 Å². The number of nitrogens with two attached hydrogens (primary N) is 1. The predicted molar refractivity (Wildman–Crippen MR) is 73.6 cm³/mol. The SMILES string of the molecule is Cn1cnc(CNS(=O)(=O)c2cc(N)ccc2Br)n1. The van der Waals surface area contributed by atoms with Crippen LogP contribution < -0.4 is 10.5 Å². The zero-order valence-corrected chi connectivity index (χ0v) is 12.4. The summed E-state index contributed by atoms with van der Waals surface area (Å²) >= 11 is 3.19. The molecule has 19 heavy (non-hydrogen) atoms. The molecule has 102 valence electrons. The first kappa shape index (κ1) is 14.0. The van der Waals surface area contributed by atoms with Gasteiger partial charge in [0.1, 0.15) is 6.33 Å². The van der Waals surface area contributed by atoms with Crippen LogP contribution in [-0.4, -0.2) is 23.2 Å². The molecule has 0 aliphatic rings. The van der Waals surface area contributed by atoms with Gasteiger partial charge in [-0.3, -0.25) is 4.68 Å². The van der Waals surface area contributed by atoms with Crippen LogP contribution in [0.5, 0.6) is 0 Å².